The maximum atomic E-state index is 11.1. The lowest BCUT2D eigenvalue weighted by molar-refractivity contribution is 1.06. The van der Waals surface area contributed by atoms with E-state index in [1.54, 1.807) is 17.4 Å². The Bertz CT molecular complexity index is 785. The molecule has 1 aromatic carbocycles. The number of rotatable bonds is 4. The van der Waals surface area contributed by atoms with Gasteiger partial charge in [-0.2, -0.15) is 0 Å². The lowest BCUT2D eigenvalue weighted by atomic mass is 10.1. The van der Waals surface area contributed by atoms with E-state index in [1.165, 1.54) is 4.88 Å². The summed E-state index contributed by atoms with van der Waals surface area (Å²) in [5.41, 5.74) is 2.68. The molecule has 0 spiro atoms. The Morgan fingerprint density at radius 3 is 2.43 bits per heavy atom. The molecule has 21 heavy (non-hydrogen) atoms. The van der Waals surface area contributed by atoms with Gasteiger partial charge in [-0.1, -0.05) is 12.1 Å². The summed E-state index contributed by atoms with van der Waals surface area (Å²) in [5, 5.41) is 8.75. The summed E-state index contributed by atoms with van der Waals surface area (Å²) in [6.45, 7) is 0.773. The van der Waals surface area contributed by atoms with Crippen molar-refractivity contribution in [3.8, 4) is 11.3 Å². The number of hydrogen-bond donors (Lipinski definition) is 3. The number of anilines is 1. The number of thiophene rings is 1. The van der Waals surface area contributed by atoms with E-state index in [4.69, 9.17) is 0 Å². The first-order chi connectivity index (χ1) is 10.1. The summed E-state index contributed by atoms with van der Waals surface area (Å²) in [6.07, 6.45) is 0. The molecular formula is C14H11Br2N3OS. The number of aromatic nitrogens is 2. The molecule has 0 amide bonds. The van der Waals surface area contributed by atoms with Crippen LogP contribution in [0.15, 0.2) is 49.5 Å². The fourth-order valence-corrected chi connectivity index (χ4v) is 4.04. The molecule has 0 aliphatic rings. The zero-order chi connectivity index (χ0) is 14.8. The van der Waals surface area contributed by atoms with Crippen molar-refractivity contribution in [2.24, 2.45) is 0 Å². The van der Waals surface area contributed by atoms with Crippen LogP contribution in [0.4, 0.5) is 5.69 Å². The van der Waals surface area contributed by atoms with Crippen LogP contribution >= 0.6 is 43.2 Å². The average molecular weight is 429 g/mol. The van der Waals surface area contributed by atoms with E-state index in [-0.39, 0.29) is 5.56 Å². The van der Waals surface area contributed by atoms with Gasteiger partial charge >= 0.3 is 0 Å². The van der Waals surface area contributed by atoms with Gasteiger partial charge in [-0.25, -0.2) is 0 Å². The van der Waals surface area contributed by atoms with Crippen LogP contribution < -0.4 is 10.9 Å². The molecule has 4 nitrogen and oxygen atoms in total. The highest BCUT2D eigenvalue weighted by atomic mass is 79.9. The standard InChI is InChI=1S/C14H11Br2N3OS/c15-11-5-10(21-14(11)16)7-17-9-3-1-8(2-4-9)12-6-13(20)19-18-12/h1-6,17H,7H2,(H2,18,19,20). The summed E-state index contributed by atoms with van der Waals surface area (Å²) in [6, 6.07) is 11.6. The first-order valence-corrected chi connectivity index (χ1v) is 8.58. The van der Waals surface area contributed by atoms with Gasteiger partial charge < -0.3 is 5.32 Å². The highest BCUT2D eigenvalue weighted by molar-refractivity contribution is 9.13. The second-order valence-electron chi connectivity index (χ2n) is 4.44. The van der Waals surface area contributed by atoms with E-state index in [1.807, 2.05) is 24.3 Å². The zero-order valence-electron chi connectivity index (χ0n) is 10.7. The van der Waals surface area contributed by atoms with Crippen LogP contribution in [0.2, 0.25) is 0 Å². The van der Waals surface area contributed by atoms with Gasteiger partial charge in [0.2, 0.25) is 0 Å². The van der Waals surface area contributed by atoms with Crippen molar-refractivity contribution in [1.82, 2.24) is 10.2 Å². The van der Waals surface area contributed by atoms with E-state index in [0.29, 0.717) is 0 Å². The summed E-state index contributed by atoms with van der Waals surface area (Å²) in [4.78, 5) is 12.4. The molecular weight excluding hydrogens is 418 g/mol. The van der Waals surface area contributed by atoms with Gasteiger partial charge in [0, 0.05) is 27.6 Å². The maximum Gasteiger partial charge on any atom is 0.264 e. The predicted molar refractivity (Wildman–Crippen MR) is 93.9 cm³/mol. The van der Waals surface area contributed by atoms with Gasteiger partial charge in [-0.3, -0.25) is 15.0 Å². The largest absolute Gasteiger partial charge is 0.380 e. The number of H-pyrrole nitrogens is 2. The minimum absolute atomic E-state index is 0.124. The normalized spacial score (nSPS) is 10.8. The first kappa shape index (κ1) is 14.6. The Balaban J connectivity index is 1.68. The molecule has 0 atom stereocenters. The summed E-state index contributed by atoms with van der Waals surface area (Å²) in [7, 11) is 0. The highest BCUT2D eigenvalue weighted by Gasteiger charge is 2.04. The second kappa shape index (κ2) is 6.21. The van der Waals surface area contributed by atoms with Gasteiger partial charge in [0.15, 0.2) is 0 Å². The Hall–Kier alpha value is -1.31. The fourth-order valence-electron chi connectivity index (χ4n) is 1.92. The molecule has 0 aliphatic heterocycles. The van der Waals surface area contributed by atoms with Crippen LogP contribution in [0, 0.1) is 0 Å². The lowest BCUT2D eigenvalue weighted by Crippen LogP contribution is -1.96. The van der Waals surface area contributed by atoms with Crippen molar-refractivity contribution < 1.29 is 0 Å². The molecule has 7 heteroatoms. The Labute approximate surface area is 141 Å². The summed E-state index contributed by atoms with van der Waals surface area (Å²) in [5.74, 6) is 0. The fraction of sp³-hybridized carbons (Fsp3) is 0.0714. The highest BCUT2D eigenvalue weighted by Crippen LogP contribution is 2.32. The zero-order valence-corrected chi connectivity index (χ0v) is 14.7. The van der Waals surface area contributed by atoms with E-state index in [2.05, 4.69) is 53.4 Å². The van der Waals surface area contributed by atoms with E-state index >= 15 is 0 Å². The Morgan fingerprint density at radius 2 is 1.86 bits per heavy atom. The van der Waals surface area contributed by atoms with Crippen molar-refractivity contribution in [3.63, 3.8) is 0 Å². The third-order valence-corrected chi connectivity index (χ3v) is 6.21. The van der Waals surface area contributed by atoms with Gasteiger partial charge in [0.05, 0.1) is 9.48 Å². The second-order valence-corrected chi connectivity index (χ2v) is 7.75. The quantitative estimate of drug-likeness (QED) is 0.570. The van der Waals surface area contributed by atoms with Crippen LogP contribution in [-0.2, 0) is 6.54 Å². The monoisotopic (exact) mass is 427 g/mol. The van der Waals surface area contributed by atoms with Crippen molar-refractivity contribution >= 4 is 48.9 Å². The average Bonchev–Trinajstić information content (AvgIpc) is 3.04. The van der Waals surface area contributed by atoms with Crippen LogP contribution in [0.3, 0.4) is 0 Å². The third kappa shape index (κ3) is 3.48. The number of hydrogen-bond acceptors (Lipinski definition) is 3. The van der Waals surface area contributed by atoms with Gasteiger partial charge in [-0.15, -0.1) is 11.3 Å². The third-order valence-electron chi connectivity index (χ3n) is 2.95. The molecule has 0 unspecified atom stereocenters. The molecule has 2 aromatic heterocycles. The van der Waals surface area contributed by atoms with Crippen LogP contribution in [0.25, 0.3) is 11.3 Å². The van der Waals surface area contributed by atoms with Crippen molar-refractivity contribution in [1.29, 1.82) is 0 Å². The van der Waals surface area contributed by atoms with Crippen LogP contribution in [-0.4, -0.2) is 10.2 Å². The Morgan fingerprint density at radius 1 is 1.10 bits per heavy atom. The molecule has 0 saturated carbocycles. The molecule has 0 saturated heterocycles. The van der Waals surface area contributed by atoms with Crippen LogP contribution in [0.1, 0.15) is 4.88 Å². The topological polar surface area (TPSA) is 60.7 Å². The van der Waals surface area contributed by atoms with E-state index in [0.717, 1.165) is 31.7 Å². The molecule has 3 N–H and O–H groups in total. The number of nitrogens with one attached hydrogen (secondary N) is 3. The summed E-state index contributed by atoms with van der Waals surface area (Å²) >= 11 is 8.67. The number of halogens is 2. The Kier molecular flexibility index (Phi) is 4.32. The van der Waals surface area contributed by atoms with Crippen molar-refractivity contribution in [2.75, 3.05) is 5.32 Å². The van der Waals surface area contributed by atoms with Gasteiger partial charge in [0.25, 0.3) is 5.56 Å². The van der Waals surface area contributed by atoms with E-state index in [9.17, 15) is 4.79 Å². The summed E-state index contributed by atoms with van der Waals surface area (Å²) < 4.78 is 2.18. The SMILES string of the molecule is O=c1cc(-c2ccc(NCc3cc(Br)c(Br)s3)cc2)[nH][nH]1. The minimum Gasteiger partial charge on any atom is -0.380 e. The van der Waals surface area contributed by atoms with Gasteiger partial charge in [-0.05, 0) is 55.6 Å². The molecule has 3 rings (SSSR count). The molecule has 0 aliphatic carbocycles. The van der Waals surface area contributed by atoms with Crippen molar-refractivity contribution in [2.45, 2.75) is 6.54 Å². The smallest absolute Gasteiger partial charge is 0.264 e. The number of aromatic amines is 2. The molecule has 2 heterocycles. The molecule has 0 fully saturated rings. The molecule has 3 aromatic rings. The van der Waals surface area contributed by atoms with Gasteiger partial charge in [0.1, 0.15) is 0 Å². The van der Waals surface area contributed by atoms with E-state index < -0.39 is 0 Å². The number of benzene rings is 1. The minimum atomic E-state index is -0.124. The predicted octanol–water partition coefficient (Wildman–Crippen LogP) is 4.57. The molecule has 0 radical (unpaired) electrons. The molecule has 108 valence electrons. The first-order valence-electron chi connectivity index (χ1n) is 6.17. The maximum absolute atomic E-state index is 11.1. The molecule has 0 bridgehead atoms. The van der Waals surface area contributed by atoms with Crippen molar-refractivity contribution in [3.05, 3.63) is 59.9 Å². The lowest BCUT2D eigenvalue weighted by Gasteiger charge is -2.05. The van der Waals surface area contributed by atoms with Crippen LogP contribution in [0.5, 0.6) is 0 Å².